The van der Waals surface area contributed by atoms with Gasteiger partial charge in [-0.2, -0.15) is 9.97 Å². The van der Waals surface area contributed by atoms with Crippen molar-refractivity contribution in [3.8, 4) is 22.9 Å². The molecule has 1 saturated carbocycles. The van der Waals surface area contributed by atoms with Crippen LogP contribution in [-0.4, -0.2) is 51.2 Å². The normalized spacial score (nSPS) is 20.1. The first-order valence-corrected chi connectivity index (χ1v) is 11.6. The SMILES string of the molecule is CNc1cc(F)c(F)c2c1Cc1nc(Oc3cnc([C@H](C)O)nc3)nc(N3CC4(CCC4N)C3)c1-2. The van der Waals surface area contributed by atoms with E-state index in [-0.39, 0.29) is 28.9 Å². The first-order valence-electron chi connectivity index (χ1n) is 11.6. The Hall–Kier alpha value is -3.44. The number of aliphatic hydroxyl groups is 1. The smallest absolute Gasteiger partial charge is 0.324 e. The van der Waals surface area contributed by atoms with Gasteiger partial charge in [0.2, 0.25) is 0 Å². The predicted molar refractivity (Wildman–Crippen MR) is 124 cm³/mol. The largest absolute Gasteiger partial charge is 0.421 e. The molecule has 4 N–H and O–H groups in total. The summed E-state index contributed by atoms with van der Waals surface area (Å²) in [7, 11) is 1.67. The number of fused-ring (bicyclic) bond motifs is 3. The summed E-state index contributed by atoms with van der Waals surface area (Å²) in [6.45, 7) is 2.95. The molecule has 11 heteroatoms. The molecular formula is C24H25F2N7O2. The van der Waals surface area contributed by atoms with Crippen molar-refractivity contribution in [1.82, 2.24) is 19.9 Å². The quantitative estimate of drug-likeness (QED) is 0.395. The Morgan fingerprint density at radius 1 is 1.23 bits per heavy atom. The van der Waals surface area contributed by atoms with Gasteiger partial charge in [-0.25, -0.2) is 18.7 Å². The number of aliphatic hydroxyl groups excluding tert-OH is 1. The van der Waals surface area contributed by atoms with Crippen LogP contribution >= 0.6 is 0 Å². The summed E-state index contributed by atoms with van der Waals surface area (Å²) < 4.78 is 35.5. The van der Waals surface area contributed by atoms with Crippen LogP contribution in [0.2, 0.25) is 0 Å². The van der Waals surface area contributed by atoms with E-state index in [0.717, 1.165) is 18.9 Å². The standard InChI is InChI=1S/C24H25F2N7O2/c1-11(34)21-29-7-12(8-30-21)35-23-31-16-5-13-15(28-2)6-14(25)20(26)18(13)19(16)22(32-23)33-9-24(10-33)4-3-17(24)27/h6-8,11,17,28,34H,3-5,9-10,27H2,1-2H3/t11-,17?/m0/s1. The van der Waals surface area contributed by atoms with Crippen LogP contribution in [0, 0.1) is 17.0 Å². The number of nitrogens with one attached hydrogen (secondary N) is 1. The van der Waals surface area contributed by atoms with Gasteiger partial charge < -0.3 is 25.8 Å². The lowest BCUT2D eigenvalue weighted by atomic mass is 9.60. The van der Waals surface area contributed by atoms with Crippen molar-refractivity contribution in [2.24, 2.45) is 11.1 Å². The van der Waals surface area contributed by atoms with Crippen molar-refractivity contribution in [3.05, 3.63) is 47.2 Å². The van der Waals surface area contributed by atoms with Gasteiger partial charge in [0.25, 0.3) is 0 Å². The summed E-state index contributed by atoms with van der Waals surface area (Å²) in [5.74, 6) is -0.771. The van der Waals surface area contributed by atoms with Crippen LogP contribution in [0.15, 0.2) is 18.5 Å². The summed E-state index contributed by atoms with van der Waals surface area (Å²) in [5, 5.41) is 12.6. The van der Waals surface area contributed by atoms with Crippen molar-refractivity contribution in [3.63, 3.8) is 0 Å². The van der Waals surface area contributed by atoms with Gasteiger partial charge in [-0.3, -0.25) is 0 Å². The lowest BCUT2D eigenvalue weighted by Gasteiger charge is -2.60. The van der Waals surface area contributed by atoms with E-state index in [0.29, 0.717) is 53.6 Å². The molecule has 2 aromatic heterocycles. The van der Waals surface area contributed by atoms with E-state index in [1.165, 1.54) is 12.4 Å². The van der Waals surface area contributed by atoms with Crippen LogP contribution in [-0.2, 0) is 6.42 Å². The van der Waals surface area contributed by atoms with Gasteiger partial charge >= 0.3 is 6.01 Å². The minimum absolute atomic E-state index is 0.0432. The first kappa shape index (κ1) is 22.1. The monoisotopic (exact) mass is 481 g/mol. The number of benzene rings is 1. The van der Waals surface area contributed by atoms with Gasteiger partial charge in [0.15, 0.2) is 23.2 Å². The van der Waals surface area contributed by atoms with Crippen LogP contribution in [0.3, 0.4) is 0 Å². The maximum Gasteiger partial charge on any atom is 0.324 e. The van der Waals surface area contributed by atoms with Crippen LogP contribution in [0.1, 0.15) is 43.0 Å². The van der Waals surface area contributed by atoms with Crippen molar-refractivity contribution in [1.29, 1.82) is 0 Å². The molecule has 3 aliphatic rings. The number of anilines is 2. The molecule has 35 heavy (non-hydrogen) atoms. The van der Waals surface area contributed by atoms with Crippen molar-refractivity contribution in [2.75, 3.05) is 30.4 Å². The number of nitrogens with zero attached hydrogens (tertiary/aromatic N) is 5. The van der Waals surface area contributed by atoms with Gasteiger partial charge in [-0.05, 0) is 25.3 Å². The molecule has 1 spiro atoms. The molecule has 2 aliphatic carbocycles. The lowest BCUT2D eigenvalue weighted by Crippen LogP contribution is -2.69. The second-order valence-corrected chi connectivity index (χ2v) is 9.57. The second-order valence-electron chi connectivity index (χ2n) is 9.57. The summed E-state index contributed by atoms with van der Waals surface area (Å²) in [6, 6.07) is 1.36. The maximum absolute atomic E-state index is 15.1. The minimum Gasteiger partial charge on any atom is -0.421 e. The highest BCUT2D eigenvalue weighted by Crippen LogP contribution is 2.53. The first-order chi connectivity index (χ1) is 16.8. The Kier molecular flexibility index (Phi) is 4.91. The summed E-state index contributed by atoms with van der Waals surface area (Å²) in [5.41, 5.74) is 8.68. The molecule has 1 saturated heterocycles. The van der Waals surface area contributed by atoms with E-state index >= 15 is 4.39 Å². The van der Waals surface area contributed by atoms with E-state index in [1.807, 2.05) is 4.90 Å². The molecule has 9 nitrogen and oxygen atoms in total. The van der Waals surface area contributed by atoms with E-state index < -0.39 is 17.7 Å². The van der Waals surface area contributed by atoms with E-state index in [4.69, 9.17) is 10.5 Å². The molecule has 2 fully saturated rings. The summed E-state index contributed by atoms with van der Waals surface area (Å²) >= 11 is 0. The molecule has 1 aromatic carbocycles. The van der Waals surface area contributed by atoms with E-state index in [2.05, 4.69) is 25.3 Å². The highest BCUT2D eigenvalue weighted by Gasteiger charge is 2.54. The fraction of sp³-hybridized carbons (Fsp3) is 0.417. The molecule has 1 aliphatic heterocycles. The van der Waals surface area contributed by atoms with E-state index in [9.17, 15) is 9.50 Å². The third-order valence-corrected chi connectivity index (χ3v) is 7.42. The van der Waals surface area contributed by atoms with Crippen LogP contribution in [0.4, 0.5) is 20.3 Å². The average Bonchev–Trinajstić information content (AvgIpc) is 3.19. The zero-order valence-corrected chi connectivity index (χ0v) is 19.3. The molecule has 0 bridgehead atoms. The zero-order chi connectivity index (χ0) is 24.5. The van der Waals surface area contributed by atoms with Crippen LogP contribution < -0.4 is 20.7 Å². The third-order valence-electron chi connectivity index (χ3n) is 7.42. The topological polar surface area (TPSA) is 122 Å². The van der Waals surface area contributed by atoms with Crippen molar-refractivity contribution >= 4 is 11.5 Å². The maximum atomic E-state index is 15.1. The minimum atomic E-state index is -0.927. The Morgan fingerprint density at radius 3 is 2.57 bits per heavy atom. The Morgan fingerprint density at radius 2 is 1.97 bits per heavy atom. The molecule has 0 radical (unpaired) electrons. The number of ether oxygens (including phenoxy) is 1. The number of hydrogen-bond acceptors (Lipinski definition) is 9. The molecule has 2 atom stereocenters. The number of aromatic nitrogens is 4. The molecular weight excluding hydrogens is 456 g/mol. The van der Waals surface area contributed by atoms with E-state index in [1.54, 1.807) is 14.0 Å². The molecule has 0 amide bonds. The molecule has 6 rings (SSSR count). The number of nitrogens with two attached hydrogens (primary N) is 1. The van der Waals surface area contributed by atoms with Crippen molar-refractivity contribution in [2.45, 2.75) is 38.3 Å². The van der Waals surface area contributed by atoms with Crippen LogP contribution in [0.5, 0.6) is 11.8 Å². The van der Waals surface area contributed by atoms with Gasteiger partial charge in [-0.15, -0.1) is 0 Å². The molecule has 182 valence electrons. The Labute approximate surface area is 200 Å². The summed E-state index contributed by atoms with van der Waals surface area (Å²) in [4.78, 5) is 19.4. The highest BCUT2D eigenvalue weighted by molar-refractivity contribution is 5.89. The van der Waals surface area contributed by atoms with Gasteiger partial charge in [-0.1, -0.05) is 0 Å². The predicted octanol–water partition coefficient (Wildman–Crippen LogP) is 2.93. The second kappa shape index (κ2) is 7.79. The highest BCUT2D eigenvalue weighted by atomic mass is 19.2. The summed E-state index contributed by atoms with van der Waals surface area (Å²) in [6.07, 6.45) is 4.39. The third kappa shape index (κ3) is 3.33. The molecule has 3 heterocycles. The Balaban J connectivity index is 1.43. The van der Waals surface area contributed by atoms with Gasteiger partial charge in [0, 0.05) is 60.9 Å². The van der Waals surface area contributed by atoms with Crippen LogP contribution in [0.25, 0.3) is 11.1 Å². The fourth-order valence-corrected chi connectivity index (χ4v) is 5.30. The van der Waals surface area contributed by atoms with Gasteiger partial charge in [0.05, 0.1) is 18.1 Å². The average molecular weight is 482 g/mol. The number of hydrogen-bond donors (Lipinski definition) is 3. The molecule has 1 unspecified atom stereocenters. The molecule has 3 aromatic rings. The van der Waals surface area contributed by atoms with Gasteiger partial charge in [0.1, 0.15) is 11.9 Å². The van der Waals surface area contributed by atoms with Crippen molar-refractivity contribution < 1.29 is 18.6 Å². The number of rotatable bonds is 5. The Bertz CT molecular complexity index is 1330. The fourth-order valence-electron chi connectivity index (χ4n) is 5.30. The number of halogens is 2. The lowest BCUT2D eigenvalue weighted by molar-refractivity contribution is 0.0558. The zero-order valence-electron chi connectivity index (χ0n) is 19.3.